The normalized spacial score (nSPS) is 8.54. The third-order valence-corrected chi connectivity index (χ3v) is 1.78. The number of hydrogen-bond donors (Lipinski definition) is 0. The molecule has 1 aromatic rings. The topological polar surface area (TPSA) is 17.1 Å². The van der Waals surface area contributed by atoms with Gasteiger partial charge in [-0.25, -0.2) is 0 Å². The number of hydrogen-bond acceptors (Lipinski definition) is 1. The quantitative estimate of drug-likeness (QED) is 0.487. The van der Waals surface area contributed by atoms with Crippen LogP contribution in [0.4, 0.5) is 0 Å². The van der Waals surface area contributed by atoms with Crippen LogP contribution < -0.4 is 0 Å². The molecule has 62 valence electrons. The third-order valence-electron chi connectivity index (χ3n) is 1.58. The van der Waals surface area contributed by atoms with Crippen LogP contribution in [0, 0.1) is 24.7 Å². The van der Waals surface area contributed by atoms with Crippen molar-refractivity contribution in [3.63, 3.8) is 0 Å². The Morgan fingerprint density at radius 3 is 2.46 bits per heavy atom. The number of rotatable bonds is 1. The highest BCUT2D eigenvalue weighted by molar-refractivity contribution is 6.68. The van der Waals surface area contributed by atoms with Gasteiger partial charge in [0.15, 0.2) is 0 Å². The average Bonchev–Trinajstić information content (AvgIpc) is 2.16. The van der Waals surface area contributed by atoms with Crippen LogP contribution >= 0.6 is 11.6 Å². The summed E-state index contributed by atoms with van der Waals surface area (Å²) in [5.41, 5.74) is 1.17. The molecular weight excluding hydrogens is 184 g/mol. The van der Waals surface area contributed by atoms with Crippen LogP contribution in [0.15, 0.2) is 18.2 Å². The first-order chi connectivity index (χ1) is 6.20. The lowest BCUT2D eigenvalue weighted by Crippen LogP contribution is -1.96. The van der Waals surface area contributed by atoms with Crippen molar-refractivity contribution in [2.75, 3.05) is 0 Å². The van der Waals surface area contributed by atoms with Crippen LogP contribution in [0.25, 0.3) is 0 Å². The Morgan fingerprint density at radius 2 is 2.00 bits per heavy atom. The van der Waals surface area contributed by atoms with Crippen LogP contribution in [0.1, 0.15) is 21.5 Å². The molecule has 0 radical (unpaired) electrons. The lowest BCUT2D eigenvalue weighted by atomic mass is 10.0. The van der Waals surface area contributed by atoms with Gasteiger partial charge in [-0.05, 0) is 23.7 Å². The van der Waals surface area contributed by atoms with Crippen LogP contribution in [-0.2, 0) is 0 Å². The number of carbonyl (C=O) groups is 1. The Morgan fingerprint density at radius 1 is 1.31 bits per heavy atom. The third kappa shape index (κ3) is 1.72. The number of halogens is 1. The van der Waals surface area contributed by atoms with Gasteiger partial charge in [-0.2, -0.15) is 0 Å². The van der Waals surface area contributed by atoms with E-state index in [1.54, 1.807) is 18.2 Å². The smallest absolute Gasteiger partial charge is 0.253 e. The molecule has 0 atom stereocenters. The monoisotopic (exact) mass is 188 g/mol. The first-order valence-corrected chi connectivity index (χ1v) is 3.84. The Bertz CT molecular complexity index is 432. The zero-order chi connectivity index (χ0) is 9.84. The molecule has 1 nitrogen and oxygen atoms in total. The van der Waals surface area contributed by atoms with Crippen molar-refractivity contribution in [2.24, 2.45) is 0 Å². The molecule has 0 saturated carbocycles. The van der Waals surface area contributed by atoms with Crippen molar-refractivity contribution in [1.29, 1.82) is 0 Å². The van der Waals surface area contributed by atoms with Crippen LogP contribution in [-0.4, -0.2) is 5.24 Å². The number of benzene rings is 1. The molecule has 0 aliphatic carbocycles. The summed E-state index contributed by atoms with van der Waals surface area (Å²) in [4.78, 5) is 10.9. The predicted octanol–water partition coefficient (Wildman–Crippen LogP) is 2.03. The maximum atomic E-state index is 10.9. The minimum Gasteiger partial charge on any atom is -0.276 e. The molecule has 0 spiro atoms. The van der Waals surface area contributed by atoms with Gasteiger partial charge in [0.2, 0.25) is 0 Å². The first-order valence-electron chi connectivity index (χ1n) is 3.46. The van der Waals surface area contributed by atoms with Crippen molar-refractivity contribution in [3.8, 4) is 24.7 Å². The highest BCUT2D eigenvalue weighted by atomic mass is 35.5. The molecule has 0 saturated heterocycles. The molecule has 0 aliphatic heterocycles. The molecule has 0 fully saturated rings. The highest BCUT2D eigenvalue weighted by Gasteiger charge is 2.09. The fourth-order valence-corrected chi connectivity index (χ4v) is 1.15. The van der Waals surface area contributed by atoms with Crippen LogP contribution in [0.5, 0.6) is 0 Å². The van der Waals surface area contributed by atoms with Crippen molar-refractivity contribution in [1.82, 2.24) is 0 Å². The summed E-state index contributed by atoms with van der Waals surface area (Å²) in [5.74, 6) is 4.74. The zero-order valence-corrected chi connectivity index (χ0v) is 7.43. The lowest BCUT2D eigenvalue weighted by molar-refractivity contribution is 0.108. The fraction of sp³-hybridized carbons (Fsp3) is 0. The molecule has 0 heterocycles. The van der Waals surface area contributed by atoms with E-state index in [9.17, 15) is 4.79 Å². The van der Waals surface area contributed by atoms with E-state index >= 15 is 0 Å². The lowest BCUT2D eigenvalue weighted by Gasteiger charge is -2.00. The molecule has 0 unspecified atom stereocenters. The van der Waals surface area contributed by atoms with E-state index in [2.05, 4.69) is 11.8 Å². The molecule has 0 N–H and O–H groups in total. The zero-order valence-electron chi connectivity index (χ0n) is 6.67. The van der Waals surface area contributed by atoms with E-state index in [1.165, 1.54) is 0 Å². The fourth-order valence-electron chi connectivity index (χ4n) is 0.992. The molecule has 1 rings (SSSR count). The SMILES string of the molecule is C#Cc1cccc(C(=O)Cl)c1C#C. The van der Waals surface area contributed by atoms with Gasteiger partial charge in [-0.15, -0.1) is 12.8 Å². The van der Waals surface area contributed by atoms with Crippen molar-refractivity contribution in [3.05, 3.63) is 34.9 Å². The number of carbonyl (C=O) groups excluding carboxylic acids is 1. The molecule has 0 aliphatic rings. The van der Waals surface area contributed by atoms with Gasteiger partial charge in [0, 0.05) is 5.56 Å². The van der Waals surface area contributed by atoms with Gasteiger partial charge in [-0.1, -0.05) is 17.9 Å². The Hall–Kier alpha value is -1.70. The van der Waals surface area contributed by atoms with Gasteiger partial charge in [-0.3, -0.25) is 4.79 Å². The summed E-state index contributed by atoms with van der Waals surface area (Å²) in [7, 11) is 0. The Kier molecular flexibility index (Phi) is 2.75. The standard InChI is InChI=1S/C11H5ClO/c1-3-8-6-5-7-10(11(12)13)9(8)4-2/h1-2,5-7H. The summed E-state index contributed by atoms with van der Waals surface area (Å²) in [6.45, 7) is 0. The minimum absolute atomic E-state index is 0.277. The van der Waals surface area contributed by atoms with Gasteiger partial charge in [0.25, 0.3) is 5.24 Å². The van der Waals surface area contributed by atoms with E-state index < -0.39 is 5.24 Å². The second kappa shape index (κ2) is 3.81. The van der Waals surface area contributed by atoms with Crippen molar-refractivity contribution in [2.45, 2.75) is 0 Å². The summed E-state index contributed by atoms with van der Waals surface area (Å²) >= 11 is 5.31. The second-order valence-corrected chi connectivity index (χ2v) is 2.63. The molecule has 0 amide bonds. The van der Waals surface area contributed by atoms with E-state index in [0.29, 0.717) is 11.1 Å². The van der Waals surface area contributed by atoms with Gasteiger partial charge < -0.3 is 0 Å². The minimum atomic E-state index is -0.593. The van der Waals surface area contributed by atoms with Crippen molar-refractivity contribution < 1.29 is 4.79 Å². The average molecular weight is 189 g/mol. The van der Waals surface area contributed by atoms with Gasteiger partial charge in [0.05, 0.1) is 11.1 Å². The summed E-state index contributed by atoms with van der Waals surface area (Å²) in [6.07, 6.45) is 10.4. The first kappa shape index (κ1) is 9.39. The van der Waals surface area contributed by atoms with Crippen LogP contribution in [0.2, 0.25) is 0 Å². The van der Waals surface area contributed by atoms with E-state index in [4.69, 9.17) is 24.4 Å². The summed E-state index contributed by atoms with van der Waals surface area (Å²) in [6, 6.07) is 4.86. The molecule has 13 heavy (non-hydrogen) atoms. The summed E-state index contributed by atoms with van der Waals surface area (Å²) < 4.78 is 0. The number of terminal acetylenes is 2. The molecule has 1 aromatic carbocycles. The van der Waals surface area contributed by atoms with E-state index in [0.717, 1.165) is 0 Å². The molecule has 0 bridgehead atoms. The van der Waals surface area contributed by atoms with Gasteiger partial charge >= 0.3 is 0 Å². The predicted molar refractivity (Wildman–Crippen MR) is 52.5 cm³/mol. The largest absolute Gasteiger partial charge is 0.276 e. The second-order valence-electron chi connectivity index (χ2n) is 2.29. The maximum absolute atomic E-state index is 10.9. The molecular formula is C11H5ClO. The van der Waals surface area contributed by atoms with Gasteiger partial charge in [0.1, 0.15) is 0 Å². The Balaban J connectivity index is 3.49. The maximum Gasteiger partial charge on any atom is 0.253 e. The molecule has 2 heteroatoms. The van der Waals surface area contributed by atoms with Crippen molar-refractivity contribution >= 4 is 16.8 Å². The summed E-state index contributed by atoms with van der Waals surface area (Å²) in [5, 5.41) is -0.593. The van der Waals surface area contributed by atoms with E-state index in [1.807, 2.05) is 0 Å². The Labute approximate surface area is 81.7 Å². The van der Waals surface area contributed by atoms with Crippen LogP contribution in [0.3, 0.4) is 0 Å². The van der Waals surface area contributed by atoms with E-state index in [-0.39, 0.29) is 5.56 Å². The highest BCUT2D eigenvalue weighted by Crippen LogP contribution is 2.14. The molecule has 0 aromatic heterocycles.